The van der Waals surface area contributed by atoms with E-state index in [4.69, 9.17) is 15.3 Å². The van der Waals surface area contributed by atoms with Crippen LogP contribution in [0.3, 0.4) is 0 Å². The first-order valence-corrected chi connectivity index (χ1v) is 7.88. The molecule has 0 saturated carbocycles. The van der Waals surface area contributed by atoms with E-state index in [0.717, 1.165) is 0 Å². The van der Waals surface area contributed by atoms with Gasteiger partial charge < -0.3 is 30.3 Å². The van der Waals surface area contributed by atoms with E-state index in [0.29, 0.717) is 0 Å². The minimum absolute atomic E-state index is 0. The molecule has 0 bridgehead atoms. The molecule has 0 radical (unpaired) electrons. The smallest absolute Gasteiger partial charge is 0.341 e. The van der Waals surface area contributed by atoms with Crippen molar-refractivity contribution in [3.63, 3.8) is 0 Å². The molecule has 0 aliphatic heterocycles. The molecular formula is C18H15CrN3O9. The molecule has 0 atom stereocenters. The Morgan fingerprint density at radius 1 is 0.548 bits per heavy atom. The molecule has 3 aromatic rings. The van der Waals surface area contributed by atoms with Crippen LogP contribution >= 0.6 is 0 Å². The largest absolute Gasteiger partial charge is 0.477 e. The van der Waals surface area contributed by atoms with Crippen molar-refractivity contribution in [2.45, 2.75) is 0 Å². The normalized spacial score (nSPS) is 8.90. The van der Waals surface area contributed by atoms with Crippen LogP contribution in [0, 0.1) is 0 Å². The summed E-state index contributed by atoms with van der Waals surface area (Å²) in [4.78, 5) is 69.2. The maximum Gasteiger partial charge on any atom is 0.341 e. The zero-order chi connectivity index (χ0) is 22.7. The van der Waals surface area contributed by atoms with E-state index < -0.39 is 34.6 Å². The molecule has 13 heteroatoms. The molecule has 3 rings (SSSR count). The Hall–Kier alpha value is -4.21. The van der Waals surface area contributed by atoms with Gasteiger partial charge in [-0.2, -0.15) is 0 Å². The van der Waals surface area contributed by atoms with Crippen LogP contribution in [0.25, 0.3) is 0 Å². The summed E-state index contributed by atoms with van der Waals surface area (Å²) < 4.78 is 0. The van der Waals surface area contributed by atoms with Gasteiger partial charge >= 0.3 is 17.9 Å². The summed E-state index contributed by atoms with van der Waals surface area (Å²) in [5.74, 6) is -3.62. The Bertz CT molecular complexity index is 1060. The van der Waals surface area contributed by atoms with Crippen LogP contribution in [-0.2, 0) is 17.4 Å². The molecule has 162 valence electrons. The van der Waals surface area contributed by atoms with Crippen molar-refractivity contribution in [1.29, 1.82) is 0 Å². The van der Waals surface area contributed by atoms with Crippen molar-refractivity contribution in [3.8, 4) is 0 Å². The van der Waals surface area contributed by atoms with Gasteiger partial charge in [0.05, 0.1) is 0 Å². The monoisotopic (exact) mass is 469 g/mol. The van der Waals surface area contributed by atoms with Gasteiger partial charge in [0.1, 0.15) is 16.7 Å². The molecule has 0 spiro atoms. The molecule has 3 aromatic heterocycles. The molecule has 0 aliphatic carbocycles. The number of carbonyl (C=O) groups is 3. The topological polar surface area (TPSA) is 210 Å². The minimum atomic E-state index is -1.21. The zero-order valence-electron chi connectivity index (χ0n) is 15.4. The van der Waals surface area contributed by atoms with Gasteiger partial charge in [-0.3, -0.25) is 14.4 Å². The van der Waals surface area contributed by atoms with Crippen LogP contribution in [0.5, 0.6) is 0 Å². The van der Waals surface area contributed by atoms with E-state index in [1.807, 2.05) is 0 Å². The van der Waals surface area contributed by atoms with Gasteiger partial charge in [0, 0.05) is 36.0 Å². The fourth-order valence-corrected chi connectivity index (χ4v) is 1.77. The van der Waals surface area contributed by atoms with E-state index in [9.17, 15) is 28.8 Å². The summed E-state index contributed by atoms with van der Waals surface area (Å²) in [6.45, 7) is 0. The zero-order valence-corrected chi connectivity index (χ0v) is 16.7. The number of hydrogen-bond acceptors (Lipinski definition) is 6. The third-order valence-electron chi connectivity index (χ3n) is 3.15. The predicted octanol–water partition coefficient (Wildman–Crippen LogP) is 0.217. The summed E-state index contributed by atoms with van der Waals surface area (Å²) in [5.41, 5.74) is -2.42. The first-order chi connectivity index (χ1) is 14.1. The molecule has 31 heavy (non-hydrogen) atoms. The van der Waals surface area contributed by atoms with Gasteiger partial charge in [0.2, 0.25) is 0 Å². The van der Waals surface area contributed by atoms with Gasteiger partial charge in [-0.15, -0.1) is 0 Å². The van der Waals surface area contributed by atoms with Gasteiger partial charge in [0.15, 0.2) is 0 Å². The fraction of sp³-hybridized carbons (Fsp3) is 0. The van der Waals surface area contributed by atoms with Gasteiger partial charge in [-0.1, -0.05) is 0 Å². The maximum absolute atomic E-state index is 10.6. The number of aromatic nitrogens is 3. The third-order valence-corrected chi connectivity index (χ3v) is 3.15. The second-order valence-electron chi connectivity index (χ2n) is 5.15. The summed E-state index contributed by atoms with van der Waals surface area (Å²) in [6.07, 6.45) is 4.15. The van der Waals surface area contributed by atoms with Crippen molar-refractivity contribution >= 4 is 17.9 Å². The summed E-state index contributed by atoms with van der Waals surface area (Å²) in [6, 6.07) is 8.14. The van der Waals surface area contributed by atoms with E-state index in [2.05, 4.69) is 15.0 Å². The van der Waals surface area contributed by atoms with Crippen LogP contribution in [-0.4, -0.2) is 48.2 Å². The number of rotatable bonds is 3. The van der Waals surface area contributed by atoms with Crippen molar-refractivity contribution in [3.05, 3.63) is 103 Å². The van der Waals surface area contributed by atoms with Crippen LogP contribution in [0.4, 0.5) is 0 Å². The van der Waals surface area contributed by atoms with Crippen molar-refractivity contribution in [2.24, 2.45) is 0 Å². The van der Waals surface area contributed by atoms with Crippen LogP contribution in [0.15, 0.2) is 69.4 Å². The first-order valence-electron chi connectivity index (χ1n) is 7.88. The molecule has 0 saturated heterocycles. The molecule has 6 N–H and O–H groups in total. The molecule has 3 heterocycles. The number of nitrogens with one attached hydrogen (secondary N) is 3. The van der Waals surface area contributed by atoms with E-state index in [1.165, 1.54) is 55.0 Å². The average Bonchev–Trinajstić information content (AvgIpc) is 2.69. The Morgan fingerprint density at radius 2 is 0.774 bits per heavy atom. The standard InChI is InChI=1S/3C6H5NO3.Cr/c3*8-5-4(6(9)10)2-1-3-7-5;/h3*1-3H,(H,7,8)(H,9,10);. The summed E-state index contributed by atoms with van der Waals surface area (Å²) in [7, 11) is 0. The Morgan fingerprint density at radius 3 is 0.903 bits per heavy atom. The Kier molecular flexibility index (Phi) is 11.3. The molecular weight excluding hydrogens is 454 g/mol. The fourth-order valence-electron chi connectivity index (χ4n) is 1.77. The SMILES string of the molecule is O=C(O)c1ccc[nH]c1=O.O=C(O)c1ccc[nH]c1=O.O=C(O)c1ccc[nH]c1=O.[Cr]. The minimum Gasteiger partial charge on any atom is -0.477 e. The number of hydrogen-bond donors (Lipinski definition) is 6. The molecule has 0 amide bonds. The van der Waals surface area contributed by atoms with Crippen LogP contribution in [0.1, 0.15) is 31.1 Å². The molecule has 0 aliphatic rings. The Labute approximate surface area is 183 Å². The second-order valence-corrected chi connectivity index (χ2v) is 5.15. The summed E-state index contributed by atoms with van der Waals surface area (Å²) >= 11 is 0. The number of carboxylic acid groups (broad SMARTS) is 3. The van der Waals surface area contributed by atoms with Gasteiger partial charge in [0.25, 0.3) is 16.7 Å². The van der Waals surface area contributed by atoms with E-state index >= 15 is 0 Å². The van der Waals surface area contributed by atoms with Gasteiger partial charge in [-0.25, -0.2) is 14.4 Å². The van der Waals surface area contributed by atoms with Crippen molar-refractivity contribution in [2.75, 3.05) is 0 Å². The van der Waals surface area contributed by atoms with Crippen molar-refractivity contribution in [1.82, 2.24) is 15.0 Å². The first kappa shape index (κ1) is 26.8. The van der Waals surface area contributed by atoms with E-state index in [-0.39, 0.29) is 34.1 Å². The number of aromatic amines is 3. The number of H-pyrrole nitrogens is 3. The third kappa shape index (κ3) is 8.77. The van der Waals surface area contributed by atoms with Crippen LogP contribution in [0.2, 0.25) is 0 Å². The van der Waals surface area contributed by atoms with Crippen LogP contribution < -0.4 is 16.7 Å². The molecule has 0 aromatic carbocycles. The quantitative estimate of drug-likeness (QED) is 0.309. The Balaban J connectivity index is 0.000000429. The molecule has 0 unspecified atom stereocenters. The average molecular weight is 469 g/mol. The molecule has 0 fully saturated rings. The van der Waals surface area contributed by atoms with Crippen molar-refractivity contribution < 1.29 is 47.1 Å². The second kappa shape index (κ2) is 13.1. The number of aromatic carboxylic acids is 3. The molecule has 12 nitrogen and oxygen atoms in total. The predicted molar refractivity (Wildman–Crippen MR) is 102 cm³/mol. The van der Waals surface area contributed by atoms with Gasteiger partial charge in [-0.05, 0) is 36.4 Å². The number of carboxylic acids is 3. The van der Waals surface area contributed by atoms with E-state index in [1.54, 1.807) is 0 Å². The summed E-state index contributed by atoms with van der Waals surface area (Å²) in [5, 5.41) is 25.0. The maximum atomic E-state index is 10.6. The number of pyridine rings is 3.